The van der Waals surface area contributed by atoms with Crippen molar-refractivity contribution >= 4 is 23.1 Å². The molecular weight excluding hydrogens is 226 g/mol. The maximum atomic E-state index is 4.99. The van der Waals surface area contributed by atoms with E-state index in [-0.39, 0.29) is 0 Å². The van der Waals surface area contributed by atoms with E-state index in [0.29, 0.717) is 0 Å². The van der Waals surface area contributed by atoms with E-state index < -0.39 is 0 Å². The molecule has 0 saturated carbocycles. The van der Waals surface area contributed by atoms with Crippen LogP contribution in [0.4, 0.5) is 0 Å². The van der Waals surface area contributed by atoms with Gasteiger partial charge in [-0.2, -0.15) is 11.8 Å². The molecule has 1 aromatic rings. The Hall–Kier alpha value is -0.0300. The van der Waals surface area contributed by atoms with Crippen LogP contribution in [0.15, 0.2) is 17.5 Å². The van der Waals surface area contributed by atoms with Gasteiger partial charge in [0.2, 0.25) is 0 Å². The van der Waals surface area contributed by atoms with E-state index in [1.165, 1.54) is 16.4 Å². The first kappa shape index (κ1) is 13.0. The van der Waals surface area contributed by atoms with Crippen molar-refractivity contribution in [3.8, 4) is 0 Å². The Balaban J connectivity index is 1.81. The zero-order valence-electron chi connectivity index (χ0n) is 9.20. The Morgan fingerprint density at radius 2 is 2.40 bits per heavy atom. The highest BCUT2D eigenvalue weighted by Crippen LogP contribution is 2.07. The van der Waals surface area contributed by atoms with E-state index in [0.717, 1.165) is 26.1 Å². The monoisotopic (exact) mass is 245 g/mol. The lowest BCUT2D eigenvalue weighted by atomic mass is 10.4. The number of thioether (sulfide) groups is 1. The number of methoxy groups -OCH3 is 1. The third kappa shape index (κ3) is 6.95. The lowest BCUT2D eigenvalue weighted by Crippen LogP contribution is -2.15. The molecule has 0 aliphatic rings. The van der Waals surface area contributed by atoms with Gasteiger partial charge >= 0.3 is 0 Å². The van der Waals surface area contributed by atoms with Crippen LogP contribution in [0.25, 0.3) is 0 Å². The van der Waals surface area contributed by atoms with Crippen LogP contribution in [0, 0.1) is 0 Å². The van der Waals surface area contributed by atoms with Crippen molar-refractivity contribution in [2.24, 2.45) is 0 Å². The van der Waals surface area contributed by atoms with Gasteiger partial charge in [0.05, 0.1) is 0 Å². The molecular formula is C11H19NOS2. The minimum absolute atomic E-state index is 0.885. The number of rotatable bonds is 9. The molecule has 1 rings (SSSR count). The van der Waals surface area contributed by atoms with Crippen LogP contribution in [-0.2, 0) is 11.3 Å². The Labute approximate surface area is 100 Å². The lowest BCUT2D eigenvalue weighted by molar-refractivity contribution is 0.200. The van der Waals surface area contributed by atoms with Crippen LogP contribution in [0.3, 0.4) is 0 Å². The molecule has 1 N–H and O–H groups in total. The molecule has 2 nitrogen and oxygen atoms in total. The van der Waals surface area contributed by atoms with E-state index in [2.05, 4.69) is 22.8 Å². The summed E-state index contributed by atoms with van der Waals surface area (Å²) in [7, 11) is 1.76. The van der Waals surface area contributed by atoms with Crippen LogP contribution >= 0.6 is 23.1 Å². The average Bonchev–Trinajstić information content (AvgIpc) is 2.75. The van der Waals surface area contributed by atoms with Crippen molar-refractivity contribution in [1.82, 2.24) is 5.32 Å². The highest BCUT2D eigenvalue weighted by Gasteiger charge is 1.93. The van der Waals surface area contributed by atoms with E-state index in [1.807, 2.05) is 23.1 Å². The zero-order valence-corrected chi connectivity index (χ0v) is 10.8. The molecule has 0 aliphatic carbocycles. The fourth-order valence-electron chi connectivity index (χ4n) is 1.18. The molecule has 0 aliphatic heterocycles. The fourth-order valence-corrected chi connectivity index (χ4v) is 2.67. The molecule has 0 spiro atoms. The number of hydrogen-bond donors (Lipinski definition) is 1. The summed E-state index contributed by atoms with van der Waals surface area (Å²) in [6.07, 6.45) is 1.16. The summed E-state index contributed by atoms with van der Waals surface area (Å²) in [5.74, 6) is 2.39. The van der Waals surface area contributed by atoms with Crippen molar-refractivity contribution in [1.29, 1.82) is 0 Å². The number of hydrogen-bond acceptors (Lipinski definition) is 4. The van der Waals surface area contributed by atoms with E-state index in [4.69, 9.17) is 4.74 Å². The minimum atomic E-state index is 0.885. The Morgan fingerprint density at radius 1 is 1.47 bits per heavy atom. The molecule has 0 atom stereocenters. The molecule has 86 valence electrons. The smallest absolute Gasteiger partial charge is 0.0470 e. The topological polar surface area (TPSA) is 21.3 Å². The van der Waals surface area contributed by atoms with Gasteiger partial charge in [-0.3, -0.25) is 0 Å². The van der Waals surface area contributed by atoms with Crippen LogP contribution in [0.2, 0.25) is 0 Å². The quantitative estimate of drug-likeness (QED) is 0.676. The molecule has 0 saturated heterocycles. The molecule has 1 aromatic heterocycles. The van der Waals surface area contributed by atoms with Gasteiger partial charge in [0.1, 0.15) is 0 Å². The van der Waals surface area contributed by atoms with Gasteiger partial charge in [-0.1, -0.05) is 6.07 Å². The third-order valence-electron chi connectivity index (χ3n) is 1.94. The third-order valence-corrected chi connectivity index (χ3v) is 3.89. The fraction of sp³-hybridized carbons (Fsp3) is 0.636. The summed E-state index contributed by atoms with van der Waals surface area (Å²) in [6.45, 7) is 2.99. The first-order valence-electron chi connectivity index (χ1n) is 5.23. The molecule has 0 bridgehead atoms. The number of nitrogens with one attached hydrogen (secondary N) is 1. The second-order valence-electron chi connectivity index (χ2n) is 3.21. The molecule has 0 unspecified atom stereocenters. The van der Waals surface area contributed by atoms with Crippen molar-refractivity contribution in [2.75, 3.05) is 31.8 Å². The second kappa shape index (κ2) is 9.21. The first-order chi connectivity index (χ1) is 7.43. The van der Waals surface area contributed by atoms with Gasteiger partial charge in [0.15, 0.2) is 0 Å². The summed E-state index contributed by atoms with van der Waals surface area (Å²) >= 11 is 3.80. The van der Waals surface area contributed by atoms with E-state index >= 15 is 0 Å². The highest BCUT2D eigenvalue weighted by atomic mass is 32.2. The number of thiophene rings is 1. The van der Waals surface area contributed by atoms with Gasteiger partial charge in [-0.05, 0) is 23.6 Å². The largest absolute Gasteiger partial charge is 0.385 e. The van der Waals surface area contributed by atoms with Crippen molar-refractivity contribution < 1.29 is 4.74 Å². The minimum Gasteiger partial charge on any atom is -0.385 e. The summed E-state index contributed by atoms with van der Waals surface area (Å²) in [6, 6.07) is 4.27. The summed E-state index contributed by atoms with van der Waals surface area (Å²) < 4.78 is 4.99. The predicted octanol–water partition coefficient (Wildman–Crippen LogP) is 2.61. The van der Waals surface area contributed by atoms with Crippen molar-refractivity contribution in [3.05, 3.63) is 22.4 Å². The molecule has 0 amide bonds. The van der Waals surface area contributed by atoms with Crippen LogP contribution in [0.1, 0.15) is 11.3 Å². The molecule has 0 fully saturated rings. The SMILES string of the molecule is COCCCSCCNCc1cccs1. The lowest BCUT2D eigenvalue weighted by Gasteiger charge is -2.03. The first-order valence-corrected chi connectivity index (χ1v) is 7.26. The standard InChI is InChI=1S/C11H19NOS2/c1-13-6-3-7-14-9-5-12-10-11-4-2-8-15-11/h2,4,8,12H,3,5-7,9-10H2,1H3. The highest BCUT2D eigenvalue weighted by molar-refractivity contribution is 7.99. The molecule has 1 heterocycles. The van der Waals surface area contributed by atoms with Crippen LogP contribution < -0.4 is 5.32 Å². The molecule has 15 heavy (non-hydrogen) atoms. The normalized spacial score (nSPS) is 10.7. The summed E-state index contributed by atoms with van der Waals surface area (Å²) in [4.78, 5) is 1.42. The Kier molecular flexibility index (Phi) is 8.01. The average molecular weight is 245 g/mol. The van der Waals surface area contributed by atoms with E-state index in [1.54, 1.807) is 7.11 Å². The Bertz CT molecular complexity index is 227. The van der Waals surface area contributed by atoms with Gasteiger partial charge in [-0.25, -0.2) is 0 Å². The maximum Gasteiger partial charge on any atom is 0.0470 e. The van der Waals surface area contributed by atoms with E-state index in [9.17, 15) is 0 Å². The van der Waals surface area contributed by atoms with Gasteiger partial charge < -0.3 is 10.1 Å². The number of ether oxygens (including phenoxy) is 1. The van der Waals surface area contributed by atoms with Crippen molar-refractivity contribution in [2.45, 2.75) is 13.0 Å². The molecule has 0 radical (unpaired) electrons. The summed E-state index contributed by atoms with van der Waals surface area (Å²) in [5.41, 5.74) is 0. The van der Waals surface area contributed by atoms with Crippen LogP contribution in [0.5, 0.6) is 0 Å². The van der Waals surface area contributed by atoms with Crippen LogP contribution in [-0.4, -0.2) is 31.8 Å². The Morgan fingerprint density at radius 3 is 3.13 bits per heavy atom. The molecule has 4 heteroatoms. The zero-order chi connectivity index (χ0) is 10.8. The van der Waals surface area contributed by atoms with Gasteiger partial charge in [0.25, 0.3) is 0 Å². The summed E-state index contributed by atoms with van der Waals surface area (Å²) in [5, 5.41) is 5.56. The predicted molar refractivity (Wildman–Crippen MR) is 69.8 cm³/mol. The van der Waals surface area contributed by atoms with Crippen molar-refractivity contribution in [3.63, 3.8) is 0 Å². The maximum absolute atomic E-state index is 4.99. The van der Waals surface area contributed by atoms with Gasteiger partial charge in [-0.15, -0.1) is 11.3 Å². The molecule has 0 aromatic carbocycles. The second-order valence-corrected chi connectivity index (χ2v) is 5.47. The van der Waals surface area contributed by atoms with Gasteiger partial charge in [0, 0.05) is 37.4 Å².